The van der Waals surface area contributed by atoms with E-state index in [1.54, 1.807) is 12.1 Å². The molecule has 1 aromatic carbocycles. The SMILES string of the molecule is Cn1c(C(F)F)nc2cc(NC(=O)CCl)ccc21. The highest BCUT2D eigenvalue weighted by molar-refractivity contribution is 6.29. The van der Waals surface area contributed by atoms with Crippen LogP contribution in [0.25, 0.3) is 11.0 Å². The van der Waals surface area contributed by atoms with Crippen LogP contribution in [0.1, 0.15) is 12.2 Å². The first-order valence-corrected chi connectivity index (χ1v) is 5.66. The molecule has 7 heteroatoms. The van der Waals surface area contributed by atoms with Crippen LogP contribution in [-0.4, -0.2) is 21.3 Å². The predicted octanol–water partition coefficient (Wildman–Crippen LogP) is 2.69. The number of carbonyl (C=O) groups excluding carboxylic acids is 1. The number of aryl methyl sites for hydroxylation is 1. The van der Waals surface area contributed by atoms with Crippen molar-refractivity contribution in [2.45, 2.75) is 6.43 Å². The van der Waals surface area contributed by atoms with Crippen molar-refractivity contribution in [2.24, 2.45) is 7.05 Å². The number of aromatic nitrogens is 2. The van der Waals surface area contributed by atoms with Gasteiger partial charge in [-0.1, -0.05) is 0 Å². The molecule has 1 amide bonds. The van der Waals surface area contributed by atoms with E-state index in [1.165, 1.54) is 17.7 Å². The Hall–Kier alpha value is -1.69. The summed E-state index contributed by atoms with van der Waals surface area (Å²) >= 11 is 5.36. The average Bonchev–Trinajstić information content (AvgIpc) is 2.66. The van der Waals surface area contributed by atoms with Crippen LogP contribution in [0.5, 0.6) is 0 Å². The summed E-state index contributed by atoms with van der Waals surface area (Å²) in [6.07, 6.45) is -2.64. The number of anilines is 1. The van der Waals surface area contributed by atoms with Gasteiger partial charge in [0.25, 0.3) is 6.43 Å². The van der Waals surface area contributed by atoms with Gasteiger partial charge < -0.3 is 9.88 Å². The molecule has 0 aliphatic rings. The van der Waals surface area contributed by atoms with Crippen molar-refractivity contribution in [3.8, 4) is 0 Å². The van der Waals surface area contributed by atoms with Crippen LogP contribution in [-0.2, 0) is 11.8 Å². The third kappa shape index (κ3) is 2.28. The zero-order valence-corrected chi connectivity index (χ0v) is 10.2. The summed E-state index contributed by atoms with van der Waals surface area (Å²) in [6.45, 7) is 0. The van der Waals surface area contributed by atoms with Crippen molar-refractivity contribution in [3.63, 3.8) is 0 Å². The molecule has 1 aromatic heterocycles. The molecule has 0 unspecified atom stereocenters. The number of carbonyl (C=O) groups is 1. The second kappa shape index (κ2) is 4.89. The molecule has 0 radical (unpaired) electrons. The number of rotatable bonds is 3. The van der Waals surface area contributed by atoms with E-state index in [1.807, 2.05) is 0 Å². The summed E-state index contributed by atoms with van der Waals surface area (Å²) in [4.78, 5) is 14.9. The minimum atomic E-state index is -2.64. The van der Waals surface area contributed by atoms with Gasteiger partial charge in [0, 0.05) is 12.7 Å². The number of amides is 1. The normalized spacial score (nSPS) is 11.2. The van der Waals surface area contributed by atoms with E-state index in [0.29, 0.717) is 16.7 Å². The standard InChI is InChI=1S/C11H10ClF2N3O/c1-17-8-3-2-6(15-9(18)5-12)4-7(8)16-11(17)10(13)14/h2-4,10H,5H2,1H3,(H,15,18). The third-order valence-corrected chi connectivity index (χ3v) is 2.76. The zero-order valence-electron chi connectivity index (χ0n) is 9.45. The molecular weight excluding hydrogens is 264 g/mol. The van der Waals surface area contributed by atoms with Crippen LogP contribution in [0.15, 0.2) is 18.2 Å². The molecule has 1 N–H and O–H groups in total. The second-order valence-electron chi connectivity index (χ2n) is 3.72. The van der Waals surface area contributed by atoms with Crippen molar-refractivity contribution in [1.82, 2.24) is 9.55 Å². The summed E-state index contributed by atoms with van der Waals surface area (Å²) in [7, 11) is 1.52. The minimum Gasteiger partial charge on any atom is -0.326 e. The fourth-order valence-electron chi connectivity index (χ4n) is 1.69. The van der Waals surface area contributed by atoms with Crippen molar-refractivity contribution < 1.29 is 13.6 Å². The molecule has 0 saturated carbocycles. The molecule has 4 nitrogen and oxygen atoms in total. The first kappa shape index (κ1) is 12.8. The molecule has 1 heterocycles. The number of imidazole rings is 1. The third-order valence-electron chi connectivity index (χ3n) is 2.52. The van der Waals surface area contributed by atoms with Crippen molar-refractivity contribution in [2.75, 3.05) is 11.2 Å². The fraction of sp³-hybridized carbons (Fsp3) is 0.273. The number of benzene rings is 1. The largest absolute Gasteiger partial charge is 0.326 e. The molecular formula is C11H10ClF2N3O. The number of alkyl halides is 3. The summed E-state index contributed by atoms with van der Waals surface area (Å²) < 4.78 is 26.6. The zero-order chi connectivity index (χ0) is 13.3. The Morgan fingerprint density at radius 2 is 2.28 bits per heavy atom. The van der Waals surface area contributed by atoms with E-state index in [-0.39, 0.29) is 17.6 Å². The minimum absolute atomic E-state index is 0.164. The lowest BCUT2D eigenvalue weighted by Gasteiger charge is -2.03. The van der Waals surface area contributed by atoms with Crippen LogP contribution in [0.3, 0.4) is 0 Å². The Balaban J connectivity index is 2.43. The lowest BCUT2D eigenvalue weighted by Crippen LogP contribution is -2.12. The van der Waals surface area contributed by atoms with E-state index >= 15 is 0 Å². The maximum absolute atomic E-state index is 12.7. The van der Waals surface area contributed by atoms with Gasteiger partial charge in [-0.15, -0.1) is 11.6 Å². The fourth-order valence-corrected chi connectivity index (χ4v) is 1.75. The molecule has 0 fully saturated rings. The smallest absolute Gasteiger partial charge is 0.295 e. The van der Waals surface area contributed by atoms with Crippen LogP contribution in [0.2, 0.25) is 0 Å². The molecule has 0 saturated heterocycles. The van der Waals surface area contributed by atoms with Gasteiger partial charge in [0.05, 0.1) is 11.0 Å². The number of hydrogen-bond donors (Lipinski definition) is 1. The maximum atomic E-state index is 12.7. The van der Waals surface area contributed by atoms with Crippen LogP contribution in [0, 0.1) is 0 Å². The molecule has 2 rings (SSSR count). The Morgan fingerprint density at radius 1 is 1.56 bits per heavy atom. The summed E-state index contributed by atoms with van der Waals surface area (Å²) in [6, 6.07) is 4.77. The quantitative estimate of drug-likeness (QED) is 0.874. The van der Waals surface area contributed by atoms with E-state index in [0.717, 1.165) is 0 Å². The van der Waals surface area contributed by atoms with Crippen molar-refractivity contribution in [1.29, 1.82) is 0 Å². The van der Waals surface area contributed by atoms with Crippen molar-refractivity contribution in [3.05, 3.63) is 24.0 Å². The summed E-state index contributed by atoms with van der Waals surface area (Å²) in [5, 5.41) is 2.53. The Morgan fingerprint density at radius 3 is 2.89 bits per heavy atom. The van der Waals surface area contributed by atoms with Crippen LogP contribution < -0.4 is 5.32 Å². The number of hydrogen-bond acceptors (Lipinski definition) is 2. The van der Waals surface area contributed by atoms with E-state index in [4.69, 9.17) is 11.6 Å². The Bertz CT molecular complexity index is 597. The molecule has 18 heavy (non-hydrogen) atoms. The highest BCUT2D eigenvalue weighted by atomic mass is 35.5. The first-order valence-electron chi connectivity index (χ1n) is 5.13. The van der Waals surface area contributed by atoms with Gasteiger partial charge in [-0.3, -0.25) is 4.79 Å². The molecule has 0 bridgehead atoms. The monoisotopic (exact) mass is 273 g/mol. The topological polar surface area (TPSA) is 46.9 Å². The molecule has 96 valence electrons. The lowest BCUT2D eigenvalue weighted by atomic mass is 10.2. The van der Waals surface area contributed by atoms with E-state index in [9.17, 15) is 13.6 Å². The predicted molar refractivity (Wildman–Crippen MR) is 65.0 cm³/mol. The average molecular weight is 274 g/mol. The van der Waals surface area contributed by atoms with Gasteiger partial charge in [0.2, 0.25) is 5.91 Å². The van der Waals surface area contributed by atoms with Gasteiger partial charge in [0.1, 0.15) is 5.88 Å². The van der Waals surface area contributed by atoms with E-state index in [2.05, 4.69) is 10.3 Å². The number of nitrogens with zero attached hydrogens (tertiary/aromatic N) is 2. The molecule has 0 aliphatic heterocycles. The molecule has 0 atom stereocenters. The second-order valence-corrected chi connectivity index (χ2v) is 3.98. The van der Waals surface area contributed by atoms with E-state index < -0.39 is 6.43 Å². The van der Waals surface area contributed by atoms with Gasteiger partial charge >= 0.3 is 0 Å². The lowest BCUT2D eigenvalue weighted by molar-refractivity contribution is -0.113. The van der Waals surface area contributed by atoms with Gasteiger partial charge in [-0.25, -0.2) is 13.8 Å². The first-order chi connectivity index (χ1) is 8.52. The number of nitrogens with one attached hydrogen (secondary N) is 1. The summed E-state index contributed by atoms with van der Waals surface area (Å²) in [5.41, 5.74) is 1.46. The highest BCUT2D eigenvalue weighted by Crippen LogP contribution is 2.24. The Labute approximate surface area is 107 Å². The number of fused-ring (bicyclic) bond motifs is 1. The molecule has 0 spiro atoms. The summed E-state index contributed by atoms with van der Waals surface area (Å²) in [5.74, 6) is -0.824. The number of halogens is 3. The highest BCUT2D eigenvalue weighted by Gasteiger charge is 2.16. The van der Waals surface area contributed by atoms with Crippen LogP contribution in [0.4, 0.5) is 14.5 Å². The van der Waals surface area contributed by atoms with Gasteiger partial charge in [0.15, 0.2) is 5.82 Å². The van der Waals surface area contributed by atoms with Gasteiger partial charge in [-0.2, -0.15) is 0 Å². The Kier molecular flexibility index (Phi) is 3.47. The maximum Gasteiger partial charge on any atom is 0.295 e. The van der Waals surface area contributed by atoms with Crippen molar-refractivity contribution >= 4 is 34.2 Å². The molecule has 2 aromatic rings. The van der Waals surface area contributed by atoms with Crippen LogP contribution >= 0.6 is 11.6 Å². The molecule has 0 aliphatic carbocycles. The van der Waals surface area contributed by atoms with Gasteiger partial charge in [-0.05, 0) is 18.2 Å².